The first kappa shape index (κ1) is 37.3. The zero-order chi connectivity index (χ0) is 35.3. The minimum atomic E-state index is -3.60. The van der Waals surface area contributed by atoms with Gasteiger partial charge in [0.25, 0.3) is 11.1 Å². The molecule has 0 saturated carbocycles. The minimum Gasteiger partial charge on any atom is -0.495 e. The van der Waals surface area contributed by atoms with Gasteiger partial charge in [0, 0.05) is 69.2 Å². The molecular weight excluding hydrogens is 699 g/mol. The van der Waals surface area contributed by atoms with Crippen LogP contribution in [0.3, 0.4) is 0 Å². The van der Waals surface area contributed by atoms with E-state index in [1.54, 1.807) is 31.1 Å². The third-order valence-corrected chi connectivity index (χ3v) is 11.1. The molecule has 2 aromatic carbocycles. The quantitative estimate of drug-likeness (QED) is 0.288. The molecule has 3 heterocycles. The van der Waals surface area contributed by atoms with Gasteiger partial charge in [-0.25, -0.2) is 21.6 Å². The number of piperidine rings is 2. The predicted molar refractivity (Wildman–Crippen MR) is 186 cm³/mol. The Balaban J connectivity index is 0.000000257. The van der Waals surface area contributed by atoms with Gasteiger partial charge < -0.3 is 29.4 Å². The molecule has 5 rings (SSSR count). The molecule has 0 aliphatic carbocycles. The summed E-state index contributed by atoms with van der Waals surface area (Å²) < 4.78 is 35.4. The highest BCUT2D eigenvalue weighted by Gasteiger charge is 2.44. The first-order chi connectivity index (χ1) is 22.7. The van der Waals surface area contributed by atoms with E-state index in [1.807, 2.05) is 24.3 Å². The van der Waals surface area contributed by atoms with Crippen LogP contribution < -0.4 is 14.8 Å². The van der Waals surface area contributed by atoms with Crippen LogP contribution in [0, 0.1) is 20.1 Å². The van der Waals surface area contributed by atoms with Crippen LogP contribution >= 0.6 is 34.8 Å². The lowest BCUT2D eigenvalue weighted by molar-refractivity contribution is -0.133. The molecule has 1 amide bonds. The van der Waals surface area contributed by atoms with E-state index in [4.69, 9.17) is 57.4 Å². The minimum absolute atomic E-state index is 0.0256. The number of aromatic nitrogens is 2. The van der Waals surface area contributed by atoms with Crippen LogP contribution in [-0.2, 0) is 32.3 Å². The van der Waals surface area contributed by atoms with E-state index >= 15 is 0 Å². The summed E-state index contributed by atoms with van der Waals surface area (Å²) in [6.45, 7) is 19.3. The van der Waals surface area contributed by atoms with E-state index in [2.05, 4.69) is 20.1 Å². The predicted octanol–water partition coefficient (Wildman–Crippen LogP) is 6.19. The molecule has 1 aromatic heterocycles. The van der Waals surface area contributed by atoms with Crippen molar-refractivity contribution in [3.05, 3.63) is 91.1 Å². The first-order valence-electron chi connectivity index (χ1n) is 15.1. The van der Waals surface area contributed by atoms with E-state index in [0.717, 1.165) is 43.3 Å². The molecule has 0 atom stereocenters. The van der Waals surface area contributed by atoms with Crippen molar-refractivity contribution in [2.45, 2.75) is 55.3 Å². The number of carbonyl (C=O) groups excluding carboxylic acids is 1. The lowest BCUT2D eigenvalue weighted by Crippen LogP contribution is -2.45. The van der Waals surface area contributed by atoms with Crippen molar-refractivity contribution in [1.29, 1.82) is 0 Å². The molecule has 0 radical (unpaired) electrons. The first-order valence-corrected chi connectivity index (χ1v) is 18.1. The molecule has 2 aliphatic heterocycles. The largest absolute Gasteiger partial charge is 0.495 e. The van der Waals surface area contributed by atoms with Crippen molar-refractivity contribution in [2.24, 2.45) is 0 Å². The Labute approximate surface area is 296 Å². The highest BCUT2D eigenvalue weighted by molar-refractivity contribution is 7.90. The van der Waals surface area contributed by atoms with Crippen LogP contribution in [0.4, 0.5) is 0 Å². The van der Waals surface area contributed by atoms with Gasteiger partial charge in [0.05, 0.1) is 30.0 Å². The Morgan fingerprint density at radius 3 is 1.81 bits per heavy atom. The number of carbonyl (C=O) groups is 1. The molecule has 1 N–H and O–H groups in total. The van der Waals surface area contributed by atoms with Gasteiger partial charge in [-0.2, -0.15) is 5.10 Å². The Morgan fingerprint density at radius 2 is 1.40 bits per heavy atom. The van der Waals surface area contributed by atoms with E-state index in [9.17, 15) is 13.2 Å². The Hall–Kier alpha value is -3.52. The molecule has 0 spiro atoms. The molecule has 11 nitrogen and oxygen atoms in total. The van der Waals surface area contributed by atoms with Crippen LogP contribution in [0.1, 0.15) is 42.5 Å². The van der Waals surface area contributed by atoms with Gasteiger partial charge >= 0.3 is 0 Å². The average Bonchev–Trinajstić information content (AvgIpc) is 3.38. The maximum Gasteiger partial charge on any atom is 0.261 e. The molecule has 0 unspecified atom stereocenters. The van der Waals surface area contributed by atoms with E-state index in [1.165, 1.54) is 11.8 Å². The number of hydrogen-bond acceptors (Lipinski definition) is 7. The topological polar surface area (TPSA) is 111 Å². The van der Waals surface area contributed by atoms with Crippen molar-refractivity contribution >= 4 is 50.5 Å². The van der Waals surface area contributed by atoms with Crippen molar-refractivity contribution in [3.8, 4) is 11.5 Å². The number of halogens is 3. The normalized spacial score (nSPS) is 16.9. The van der Waals surface area contributed by atoms with E-state index in [-0.39, 0.29) is 22.5 Å². The smallest absolute Gasteiger partial charge is 0.261 e. The van der Waals surface area contributed by atoms with Gasteiger partial charge in [0.2, 0.25) is 5.91 Å². The fourth-order valence-electron chi connectivity index (χ4n) is 5.91. The summed E-state index contributed by atoms with van der Waals surface area (Å²) in [4.78, 5) is 22.3. The van der Waals surface area contributed by atoms with Crippen LogP contribution in [0.15, 0.2) is 41.4 Å². The second kappa shape index (κ2) is 15.4. The van der Waals surface area contributed by atoms with Crippen LogP contribution in [0.5, 0.6) is 11.5 Å². The molecule has 48 heavy (non-hydrogen) atoms. The summed E-state index contributed by atoms with van der Waals surface area (Å²) in [5.41, 5.74) is 1.06. The monoisotopic (exact) mass is 734 g/mol. The van der Waals surface area contributed by atoms with Crippen molar-refractivity contribution in [1.82, 2.24) is 20.0 Å². The Bertz CT molecular complexity index is 1850. The lowest BCUT2D eigenvalue weighted by Gasteiger charge is -2.34. The number of rotatable bonds is 7. The molecule has 2 saturated heterocycles. The number of hydrogen-bond donors (Lipinski definition) is 1. The molecule has 2 fully saturated rings. The van der Waals surface area contributed by atoms with Crippen LogP contribution in [-0.4, -0.2) is 75.7 Å². The maximum absolute atomic E-state index is 12.8. The number of nitrogens with one attached hydrogen (secondary N) is 1. The highest BCUT2D eigenvalue weighted by Crippen LogP contribution is 2.41. The van der Waals surface area contributed by atoms with Crippen LogP contribution in [0.2, 0.25) is 15.1 Å². The summed E-state index contributed by atoms with van der Waals surface area (Å²) in [5, 5.41) is 8.14. The standard InChI is InChI=1S/C20H22Cl2N4O4S.C13H15ClN2O/c1-13-18(22)19(31(4,28)29)24-26(13)12-17(27)25-9-7-20(23-2,8-10-25)14-5-6-15(21)16(11-14)30-3;1-15-13(5-7-16-8-6-13)10-3-4-11(14)12(9-10)17-2/h5-6,11H,7-10,12H2,1,3-4H3;3-4,9,16H,5-8H2,2H3. The van der Waals surface area contributed by atoms with Crippen LogP contribution in [0.25, 0.3) is 9.69 Å². The third-order valence-electron chi connectivity index (χ3n) is 8.92. The molecule has 256 valence electrons. The molecule has 15 heteroatoms. The SMILES string of the molecule is [C-]#[N+]C1(c2ccc(Cl)c(OC)c2)CCN(C(=O)Cn2nc(S(C)(=O)=O)c(Cl)c2C)CC1.[C-]#[N+]C1(c2ccc(Cl)c(OC)c2)CCNCC1. The number of nitrogens with zero attached hydrogens (tertiary/aromatic N) is 5. The number of amides is 1. The number of sulfone groups is 1. The second-order valence-electron chi connectivity index (χ2n) is 11.8. The van der Waals surface area contributed by atoms with Gasteiger partial charge in [-0.1, -0.05) is 34.8 Å². The number of benzene rings is 2. The summed E-state index contributed by atoms with van der Waals surface area (Å²) in [6, 6.07) is 11.0. The van der Waals surface area contributed by atoms with E-state index in [0.29, 0.717) is 53.2 Å². The number of likely N-dealkylation sites (tertiary alicyclic amines) is 1. The fourth-order valence-corrected chi connectivity index (χ4v) is 7.58. The fraction of sp³-hybridized carbons (Fsp3) is 0.455. The summed E-state index contributed by atoms with van der Waals surface area (Å²) in [7, 11) is -0.477. The lowest BCUT2D eigenvalue weighted by atomic mass is 9.81. The second-order valence-corrected chi connectivity index (χ2v) is 14.9. The molecule has 0 bridgehead atoms. The van der Waals surface area contributed by atoms with Gasteiger partial charge in [-0.15, -0.1) is 0 Å². The Morgan fingerprint density at radius 1 is 0.917 bits per heavy atom. The van der Waals surface area contributed by atoms with Gasteiger partial charge in [-0.3, -0.25) is 9.48 Å². The summed E-state index contributed by atoms with van der Waals surface area (Å²) in [6.07, 6.45) is 3.61. The zero-order valence-electron chi connectivity index (χ0n) is 27.1. The van der Waals surface area contributed by atoms with Gasteiger partial charge in [0.15, 0.2) is 14.9 Å². The number of ether oxygens (including phenoxy) is 2. The average molecular weight is 736 g/mol. The Kier molecular flexibility index (Phi) is 11.9. The van der Waals surface area contributed by atoms with Crippen molar-refractivity contribution < 1.29 is 22.7 Å². The molecule has 2 aliphatic rings. The zero-order valence-corrected chi connectivity index (χ0v) is 30.2. The van der Waals surface area contributed by atoms with E-state index < -0.39 is 20.9 Å². The highest BCUT2D eigenvalue weighted by atomic mass is 35.5. The van der Waals surface area contributed by atoms with Gasteiger partial charge in [0.1, 0.15) is 23.1 Å². The van der Waals surface area contributed by atoms with Crippen molar-refractivity contribution in [3.63, 3.8) is 0 Å². The maximum atomic E-state index is 12.8. The third kappa shape index (κ3) is 7.85. The molecular formula is C33H37Cl3N6O5S. The van der Waals surface area contributed by atoms with Gasteiger partial charge in [-0.05, 0) is 43.3 Å². The summed E-state index contributed by atoms with van der Waals surface area (Å²) >= 11 is 18.2. The van der Waals surface area contributed by atoms with Crippen molar-refractivity contribution in [2.75, 3.05) is 46.7 Å². The number of methoxy groups -OCH3 is 2. The molecule has 3 aromatic rings. The summed E-state index contributed by atoms with van der Waals surface area (Å²) in [5.74, 6) is 0.939.